The maximum atomic E-state index is 9.72. The van der Waals surface area contributed by atoms with Gasteiger partial charge in [0.2, 0.25) is 0 Å². The molecule has 0 bridgehead atoms. The standard InChI is InChI=1S/C11H21NO/c1-8-6-9(8)7-12(2)10-4-3-5-11(10)13/h8-11,13H,3-7H2,1-2H3/t8?,9?,10-,11-/m0/s1. The Bertz CT molecular complexity index is 183. The lowest BCUT2D eigenvalue weighted by Gasteiger charge is -2.26. The molecule has 0 saturated heterocycles. The number of rotatable bonds is 3. The molecule has 2 aliphatic rings. The predicted molar refractivity (Wildman–Crippen MR) is 53.5 cm³/mol. The lowest BCUT2D eigenvalue weighted by atomic mass is 10.1. The molecule has 0 spiro atoms. The molecule has 2 heteroatoms. The van der Waals surface area contributed by atoms with Gasteiger partial charge in [-0.1, -0.05) is 6.92 Å². The monoisotopic (exact) mass is 183 g/mol. The van der Waals surface area contributed by atoms with E-state index in [-0.39, 0.29) is 6.10 Å². The zero-order valence-corrected chi connectivity index (χ0v) is 8.74. The van der Waals surface area contributed by atoms with Crippen LogP contribution >= 0.6 is 0 Å². The van der Waals surface area contributed by atoms with Crippen molar-refractivity contribution in [3.8, 4) is 0 Å². The SMILES string of the molecule is CC1CC1CN(C)[C@H]1CCC[C@@H]1O. The number of hydrogen-bond donors (Lipinski definition) is 1. The highest BCUT2D eigenvalue weighted by Crippen LogP contribution is 2.39. The Morgan fingerprint density at radius 1 is 1.38 bits per heavy atom. The minimum atomic E-state index is -0.0564. The zero-order valence-electron chi connectivity index (χ0n) is 8.74. The summed E-state index contributed by atoms with van der Waals surface area (Å²) in [6.07, 6.45) is 4.75. The van der Waals surface area contributed by atoms with Gasteiger partial charge < -0.3 is 10.0 Å². The second-order valence-electron chi connectivity index (χ2n) is 4.98. The van der Waals surface area contributed by atoms with Crippen molar-refractivity contribution in [2.24, 2.45) is 11.8 Å². The highest BCUT2D eigenvalue weighted by molar-refractivity contribution is 4.89. The van der Waals surface area contributed by atoms with Crippen LogP contribution in [0.1, 0.15) is 32.6 Å². The molecule has 4 atom stereocenters. The molecule has 0 radical (unpaired) electrons. The summed E-state index contributed by atoms with van der Waals surface area (Å²) < 4.78 is 0. The highest BCUT2D eigenvalue weighted by atomic mass is 16.3. The first-order valence-corrected chi connectivity index (χ1v) is 5.57. The van der Waals surface area contributed by atoms with Gasteiger partial charge in [0, 0.05) is 12.6 Å². The van der Waals surface area contributed by atoms with Crippen LogP contribution in [0.3, 0.4) is 0 Å². The van der Waals surface area contributed by atoms with E-state index in [4.69, 9.17) is 0 Å². The van der Waals surface area contributed by atoms with Crippen molar-refractivity contribution in [3.63, 3.8) is 0 Å². The zero-order chi connectivity index (χ0) is 9.42. The first-order chi connectivity index (χ1) is 6.18. The highest BCUT2D eigenvalue weighted by Gasteiger charge is 2.36. The number of likely N-dealkylation sites (N-methyl/N-ethyl adjacent to an activating group) is 1. The fourth-order valence-corrected chi connectivity index (χ4v) is 2.59. The van der Waals surface area contributed by atoms with Gasteiger partial charge in [0.15, 0.2) is 0 Å². The third kappa shape index (κ3) is 2.05. The number of aliphatic hydroxyl groups is 1. The van der Waals surface area contributed by atoms with Gasteiger partial charge in [0.05, 0.1) is 6.10 Å². The number of nitrogens with zero attached hydrogens (tertiary/aromatic N) is 1. The minimum Gasteiger partial charge on any atom is -0.391 e. The summed E-state index contributed by atoms with van der Waals surface area (Å²) >= 11 is 0. The molecule has 0 aromatic heterocycles. The average Bonchev–Trinajstić information content (AvgIpc) is 2.62. The van der Waals surface area contributed by atoms with E-state index >= 15 is 0 Å². The van der Waals surface area contributed by atoms with E-state index in [1.165, 1.54) is 25.8 Å². The number of aliphatic hydroxyl groups excluding tert-OH is 1. The third-order valence-electron chi connectivity index (χ3n) is 3.81. The smallest absolute Gasteiger partial charge is 0.0695 e. The molecule has 0 aromatic carbocycles. The second kappa shape index (κ2) is 3.58. The van der Waals surface area contributed by atoms with Crippen molar-refractivity contribution in [1.82, 2.24) is 4.90 Å². The third-order valence-corrected chi connectivity index (χ3v) is 3.81. The molecule has 2 rings (SSSR count). The van der Waals surface area contributed by atoms with Crippen molar-refractivity contribution in [2.45, 2.75) is 44.8 Å². The summed E-state index contributed by atoms with van der Waals surface area (Å²) in [6, 6.07) is 0.452. The van der Waals surface area contributed by atoms with Gasteiger partial charge in [-0.05, 0) is 44.6 Å². The van der Waals surface area contributed by atoms with Crippen LogP contribution in [0.2, 0.25) is 0 Å². The van der Waals surface area contributed by atoms with Crippen molar-refractivity contribution in [1.29, 1.82) is 0 Å². The molecule has 1 N–H and O–H groups in total. The molecule has 76 valence electrons. The molecule has 0 amide bonds. The fraction of sp³-hybridized carbons (Fsp3) is 1.00. The summed E-state index contributed by atoms with van der Waals surface area (Å²) in [5.74, 6) is 1.85. The van der Waals surface area contributed by atoms with Crippen molar-refractivity contribution >= 4 is 0 Å². The van der Waals surface area contributed by atoms with Gasteiger partial charge >= 0.3 is 0 Å². The molecule has 2 aliphatic carbocycles. The maximum absolute atomic E-state index is 9.72. The van der Waals surface area contributed by atoms with Crippen LogP contribution in [0.25, 0.3) is 0 Å². The van der Waals surface area contributed by atoms with Crippen LogP contribution in [0.15, 0.2) is 0 Å². The van der Waals surface area contributed by atoms with E-state index in [2.05, 4.69) is 18.9 Å². The van der Waals surface area contributed by atoms with E-state index in [1.54, 1.807) is 0 Å². The molecule has 0 heterocycles. The molecular weight excluding hydrogens is 162 g/mol. The summed E-state index contributed by atoms with van der Waals surface area (Å²) in [6.45, 7) is 3.52. The van der Waals surface area contributed by atoms with Crippen LogP contribution in [-0.4, -0.2) is 35.7 Å². The van der Waals surface area contributed by atoms with Crippen LogP contribution in [-0.2, 0) is 0 Å². The van der Waals surface area contributed by atoms with Gasteiger partial charge in [-0.15, -0.1) is 0 Å². The van der Waals surface area contributed by atoms with E-state index in [1.807, 2.05) is 0 Å². The Morgan fingerprint density at radius 2 is 2.08 bits per heavy atom. The van der Waals surface area contributed by atoms with Gasteiger partial charge in [-0.3, -0.25) is 0 Å². The molecule has 0 aromatic rings. The summed E-state index contributed by atoms with van der Waals surface area (Å²) in [7, 11) is 2.17. The molecule has 13 heavy (non-hydrogen) atoms. The van der Waals surface area contributed by atoms with E-state index in [0.717, 1.165) is 18.3 Å². The quantitative estimate of drug-likeness (QED) is 0.716. The summed E-state index contributed by atoms with van der Waals surface area (Å²) in [5, 5.41) is 9.72. The lowest BCUT2D eigenvalue weighted by molar-refractivity contribution is 0.0831. The molecule has 2 fully saturated rings. The van der Waals surface area contributed by atoms with Crippen molar-refractivity contribution < 1.29 is 5.11 Å². The van der Waals surface area contributed by atoms with E-state index in [9.17, 15) is 5.11 Å². The van der Waals surface area contributed by atoms with Crippen LogP contribution < -0.4 is 0 Å². The fourth-order valence-electron chi connectivity index (χ4n) is 2.59. The number of hydrogen-bond acceptors (Lipinski definition) is 2. The van der Waals surface area contributed by atoms with Crippen molar-refractivity contribution in [2.75, 3.05) is 13.6 Å². The Morgan fingerprint density at radius 3 is 2.54 bits per heavy atom. The Labute approximate surface area is 80.9 Å². The Balaban J connectivity index is 1.78. The lowest BCUT2D eigenvalue weighted by Crippen LogP contribution is -2.38. The largest absolute Gasteiger partial charge is 0.391 e. The van der Waals surface area contributed by atoms with Crippen LogP contribution in [0.5, 0.6) is 0 Å². The molecular formula is C11H21NO. The Hall–Kier alpha value is -0.0800. The predicted octanol–water partition coefficient (Wildman–Crippen LogP) is 1.49. The minimum absolute atomic E-state index is 0.0564. The van der Waals surface area contributed by atoms with Gasteiger partial charge in [-0.2, -0.15) is 0 Å². The molecule has 2 nitrogen and oxygen atoms in total. The average molecular weight is 183 g/mol. The van der Waals surface area contributed by atoms with Crippen molar-refractivity contribution in [3.05, 3.63) is 0 Å². The Kier molecular flexibility index (Phi) is 2.61. The molecule has 0 aliphatic heterocycles. The second-order valence-corrected chi connectivity index (χ2v) is 4.98. The van der Waals surface area contributed by atoms with E-state index < -0.39 is 0 Å². The topological polar surface area (TPSA) is 23.5 Å². The summed E-state index contributed by atoms with van der Waals surface area (Å²) in [5.41, 5.74) is 0. The van der Waals surface area contributed by atoms with Gasteiger partial charge in [0.25, 0.3) is 0 Å². The van der Waals surface area contributed by atoms with Crippen LogP contribution in [0.4, 0.5) is 0 Å². The molecule has 2 unspecified atom stereocenters. The first kappa shape index (κ1) is 9.47. The van der Waals surface area contributed by atoms with E-state index in [0.29, 0.717) is 6.04 Å². The van der Waals surface area contributed by atoms with Gasteiger partial charge in [-0.25, -0.2) is 0 Å². The van der Waals surface area contributed by atoms with Gasteiger partial charge in [0.1, 0.15) is 0 Å². The molecule has 2 saturated carbocycles. The first-order valence-electron chi connectivity index (χ1n) is 5.57. The maximum Gasteiger partial charge on any atom is 0.0695 e. The summed E-state index contributed by atoms with van der Waals surface area (Å²) in [4.78, 5) is 2.38. The normalized spacial score (nSPS) is 44.3. The van der Waals surface area contributed by atoms with Crippen LogP contribution in [0, 0.1) is 11.8 Å².